The van der Waals surface area contributed by atoms with Gasteiger partial charge in [0, 0.05) is 13.0 Å². The highest BCUT2D eigenvalue weighted by Crippen LogP contribution is 2.67. The van der Waals surface area contributed by atoms with E-state index in [-0.39, 0.29) is 17.5 Å². The number of nitrogens with one attached hydrogen (secondary N) is 2. The summed E-state index contributed by atoms with van der Waals surface area (Å²) >= 11 is 0. The fourth-order valence-corrected chi connectivity index (χ4v) is 8.52. The SMILES string of the molecule is CC(/C=N/OCCCNC(=N)N)=C\C1C[C@H](O)C[C@H]2CC[C@H]3[C@@H]4CCC[C@@]4(C)CC[C@@H]3[C@@]12C. The molecule has 4 aliphatic carbocycles. The molecule has 0 bridgehead atoms. The van der Waals surface area contributed by atoms with Crippen LogP contribution in [0, 0.1) is 45.8 Å². The molecule has 0 aromatic carbocycles. The Morgan fingerprint density at radius 1 is 1.18 bits per heavy atom. The quantitative estimate of drug-likeness (QED) is 0.190. The lowest BCUT2D eigenvalue weighted by Gasteiger charge is -2.62. The first-order valence-corrected chi connectivity index (χ1v) is 13.3. The van der Waals surface area contributed by atoms with Crippen LogP contribution in [0.4, 0.5) is 0 Å². The topological polar surface area (TPSA) is 104 Å². The van der Waals surface area contributed by atoms with E-state index in [4.69, 9.17) is 16.0 Å². The smallest absolute Gasteiger partial charge is 0.185 e. The van der Waals surface area contributed by atoms with Crippen LogP contribution in [0.15, 0.2) is 16.8 Å². The highest BCUT2D eigenvalue weighted by molar-refractivity contribution is 5.77. The van der Waals surface area contributed by atoms with Gasteiger partial charge in [-0.05, 0) is 104 Å². The van der Waals surface area contributed by atoms with Crippen molar-refractivity contribution in [2.24, 2.45) is 51.3 Å². The van der Waals surface area contributed by atoms with Crippen molar-refractivity contribution in [2.75, 3.05) is 13.2 Å². The van der Waals surface area contributed by atoms with Crippen LogP contribution in [0.5, 0.6) is 0 Å². The number of hydrogen-bond acceptors (Lipinski definition) is 4. The molecule has 5 N–H and O–H groups in total. The van der Waals surface area contributed by atoms with Crippen LogP contribution in [0.2, 0.25) is 0 Å². The van der Waals surface area contributed by atoms with Gasteiger partial charge < -0.3 is 21.0 Å². The van der Waals surface area contributed by atoms with E-state index in [9.17, 15) is 5.11 Å². The van der Waals surface area contributed by atoms with Crippen LogP contribution in [0.1, 0.15) is 85.0 Å². The van der Waals surface area contributed by atoms with Crippen molar-refractivity contribution in [3.8, 4) is 0 Å². The number of allylic oxidation sites excluding steroid dienone is 2. The summed E-state index contributed by atoms with van der Waals surface area (Å²) < 4.78 is 0. The fourth-order valence-electron chi connectivity index (χ4n) is 8.52. The van der Waals surface area contributed by atoms with Crippen LogP contribution < -0.4 is 11.1 Å². The number of guanidine groups is 1. The van der Waals surface area contributed by atoms with Crippen molar-refractivity contribution >= 4 is 12.2 Å². The van der Waals surface area contributed by atoms with Gasteiger partial charge in [0.05, 0.1) is 12.3 Å². The van der Waals surface area contributed by atoms with E-state index in [1.807, 2.05) is 6.21 Å². The van der Waals surface area contributed by atoms with E-state index < -0.39 is 0 Å². The normalized spacial score (nSPS) is 43.0. The molecule has 0 saturated heterocycles. The molecule has 0 aromatic heterocycles. The van der Waals surface area contributed by atoms with Gasteiger partial charge in [-0.15, -0.1) is 0 Å². The summed E-state index contributed by atoms with van der Waals surface area (Å²) in [4.78, 5) is 5.40. The first kappa shape index (κ1) is 24.6. The number of rotatable bonds is 7. The summed E-state index contributed by atoms with van der Waals surface area (Å²) in [6.45, 7) is 8.37. The molecule has 186 valence electrons. The maximum Gasteiger partial charge on any atom is 0.185 e. The maximum atomic E-state index is 10.8. The lowest BCUT2D eigenvalue weighted by Crippen LogP contribution is -2.56. The van der Waals surface area contributed by atoms with E-state index >= 15 is 0 Å². The molecule has 0 aliphatic heterocycles. The van der Waals surface area contributed by atoms with Crippen LogP contribution >= 0.6 is 0 Å². The van der Waals surface area contributed by atoms with Gasteiger partial charge in [0.15, 0.2) is 5.96 Å². The third-order valence-corrected chi connectivity index (χ3v) is 10.1. The van der Waals surface area contributed by atoms with Gasteiger partial charge >= 0.3 is 0 Å². The van der Waals surface area contributed by atoms with Gasteiger partial charge in [-0.3, -0.25) is 5.41 Å². The van der Waals surface area contributed by atoms with Gasteiger partial charge in [0.2, 0.25) is 0 Å². The molecular weight excluding hydrogens is 412 g/mol. The van der Waals surface area contributed by atoms with E-state index in [0.29, 0.717) is 30.4 Å². The van der Waals surface area contributed by atoms with Crippen molar-refractivity contribution in [3.63, 3.8) is 0 Å². The van der Waals surface area contributed by atoms with E-state index in [0.717, 1.165) is 42.6 Å². The number of oxime groups is 1. The summed E-state index contributed by atoms with van der Waals surface area (Å²) in [6.07, 6.45) is 16.4. The van der Waals surface area contributed by atoms with Crippen molar-refractivity contribution in [1.82, 2.24) is 5.32 Å². The van der Waals surface area contributed by atoms with Crippen LogP contribution in [0.25, 0.3) is 0 Å². The fraction of sp³-hybridized carbons (Fsp3) is 0.852. The molecule has 1 unspecified atom stereocenters. The van der Waals surface area contributed by atoms with Crippen molar-refractivity contribution in [1.29, 1.82) is 5.41 Å². The van der Waals surface area contributed by atoms with Gasteiger partial charge in [-0.2, -0.15) is 0 Å². The second kappa shape index (κ2) is 9.97. The zero-order valence-corrected chi connectivity index (χ0v) is 21.0. The Bertz CT molecular complexity index is 767. The summed E-state index contributed by atoms with van der Waals surface area (Å²) in [5, 5.41) is 24.8. The number of fused-ring (bicyclic) bond motifs is 5. The molecule has 6 heteroatoms. The number of hydrogen-bond donors (Lipinski definition) is 4. The molecule has 4 fully saturated rings. The lowest BCUT2D eigenvalue weighted by molar-refractivity contribution is -0.141. The van der Waals surface area contributed by atoms with Gasteiger partial charge in [0.1, 0.15) is 6.61 Å². The van der Waals surface area contributed by atoms with E-state index in [1.165, 1.54) is 44.9 Å². The second-order valence-corrected chi connectivity index (χ2v) is 12.0. The van der Waals surface area contributed by atoms with Crippen LogP contribution in [0.3, 0.4) is 0 Å². The first-order valence-electron chi connectivity index (χ1n) is 13.3. The molecule has 33 heavy (non-hydrogen) atoms. The Hall–Kier alpha value is -1.56. The van der Waals surface area contributed by atoms with Gasteiger partial charge in [0.25, 0.3) is 0 Å². The summed E-state index contributed by atoms with van der Waals surface area (Å²) in [6, 6.07) is 0. The van der Waals surface area contributed by atoms with Crippen molar-refractivity contribution < 1.29 is 9.94 Å². The Labute approximate surface area is 200 Å². The molecule has 4 aliphatic rings. The molecule has 0 amide bonds. The molecular formula is C27H46N4O2. The van der Waals surface area contributed by atoms with E-state index in [1.54, 1.807) is 0 Å². The molecule has 8 atom stereocenters. The van der Waals surface area contributed by atoms with Gasteiger partial charge in [-0.1, -0.05) is 31.5 Å². The Morgan fingerprint density at radius 2 is 2.00 bits per heavy atom. The van der Waals surface area contributed by atoms with E-state index in [2.05, 4.69) is 37.3 Å². The highest BCUT2D eigenvalue weighted by Gasteiger charge is 2.60. The Kier molecular flexibility index (Phi) is 7.42. The largest absolute Gasteiger partial charge is 0.396 e. The highest BCUT2D eigenvalue weighted by atomic mass is 16.6. The second-order valence-electron chi connectivity index (χ2n) is 12.0. The summed E-state index contributed by atoms with van der Waals surface area (Å²) in [5.74, 6) is 3.59. The third kappa shape index (κ3) is 4.96. The van der Waals surface area contributed by atoms with Crippen molar-refractivity contribution in [3.05, 3.63) is 11.6 Å². The minimum Gasteiger partial charge on any atom is -0.396 e. The molecule has 0 radical (unpaired) electrons. The summed E-state index contributed by atoms with van der Waals surface area (Å²) in [7, 11) is 0. The van der Waals surface area contributed by atoms with Crippen LogP contribution in [-0.2, 0) is 4.84 Å². The average molecular weight is 459 g/mol. The zero-order valence-electron chi connectivity index (χ0n) is 21.0. The van der Waals surface area contributed by atoms with Gasteiger partial charge in [-0.25, -0.2) is 0 Å². The number of nitrogens with two attached hydrogens (primary N) is 1. The summed E-state index contributed by atoms with van der Waals surface area (Å²) in [5.41, 5.74) is 7.27. The zero-order chi connectivity index (χ0) is 23.6. The minimum absolute atomic E-state index is 0.0146. The molecule has 0 aromatic rings. The monoisotopic (exact) mass is 458 g/mol. The molecule has 4 saturated carbocycles. The number of aliphatic hydroxyl groups excluding tert-OH is 1. The number of nitrogens with zero attached hydrogens (tertiary/aromatic N) is 1. The van der Waals surface area contributed by atoms with Crippen LogP contribution in [-0.4, -0.2) is 36.5 Å². The maximum absolute atomic E-state index is 10.8. The average Bonchev–Trinajstić information content (AvgIpc) is 3.15. The first-order chi connectivity index (χ1) is 15.7. The lowest BCUT2D eigenvalue weighted by atomic mass is 9.42. The molecule has 0 heterocycles. The molecule has 0 spiro atoms. The van der Waals surface area contributed by atoms with Crippen molar-refractivity contribution in [2.45, 2.75) is 91.1 Å². The predicted octanol–water partition coefficient (Wildman–Crippen LogP) is 4.83. The predicted molar refractivity (Wildman–Crippen MR) is 134 cm³/mol. The third-order valence-electron chi connectivity index (χ3n) is 10.1. The Morgan fingerprint density at radius 3 is 2.79 bits per heavy atom. The minimum atomic E-state index is -0.184. The Balaban J connectivity index is 1.44. The standard InChI is InChI=1S/C27H46N4O2/c1-18(17-31-33-13-5-12-30-25(28)29)14-20-16-21(32)15-19-7-8-22-23-6-4-10-26(23,2)11-9-24(22)27(19,20)3/h14,17,19-24,32H,4-13,15-16H2,1-3H3,(H4,28,29,30)/b18-14+,31-17+/t19-,20?,21-,22+,23+,24+,26+,27-/m1/s1. The molecule has 4 rings (SSSR count). The number of aliphatic hydroxyl groups is 1. The molecule has 6 nitrogen and oxygen atoms in total.